The minimum atomic E-state index is -0.275. The normalized spacial score (nSPS) is 18.0. The first-order valence-electron chi connectivity index (χ1n) is 6.12. The molecular formula is C13H18Cl2N2O3. The quantitative estimate of drug-likeness (QED) is 0.879. The zero-order valence-electron chi connectivity index (χ0n) is 11.1. The summed E-state index contributed by atoms with van der Waals surface area (Å²) in [6, 6.07) is 5.16. The Morgan fingerprint density at radius 3 is 3.00 bits per heavy atom. The van der Waals surface area contributed by atoms with Crippen molar-refractivity contribution in [2.24, 2.45) is 0 Å². The third-order valence-electron chi connectivity index (χ3n) is 2.92. The predicted octanol–water partition coefficient (Wildman–Crippen LogP) is 1.37. The molecule has 1 fully saturated rings. The molecule has 0 aliphatic carbocycles. The number of methoxy groups -OCH3 is 1. The Kier molecular flexibility index (Phi) is 7.09. The van der Waals surface area contributed by atoms with Crippen LogP contribution in [0.3, 0.4) is 0 Å². The lowest BCUT2D eigenvalue weighted by Crippen LogP contribution is -2.51. The standard InChI is InChI=1S/C13H17ClN2O3.ClH/c1-18-12-3-2-9(6-10(12)14)7-16-13(17)11-8-19-5-4-15-11;/h2-3,6,11,15H,4-5,7-8H2,1H3,(H,16,17);1H. The van der Waals surface area contributed by atoms with Crippen molar-refractivity contribution in [1.29, 1.82) is 0 Å². The van der Waals surface area contributed by atoms with Crippen molar-refractivity contribution in [2.45, 2.75) is 12.6 Å². The van der Waals surface area contributed by atoms with Gasteiger partial charge in [-0.1, -0.05) is 17.7 Å². The molecule has 0 radical (unpaired) electrons. The van der Waals surface area contributed by atoms with E-state index in [9.17, 15) is 4.79 Å². The maximum atomic E-state index is 11.9. The molecule has 7 heteroatoms. The molecule has 1 aliphatic rings. The summed E-state index contributed by atoms with van der Waals surface area (Å²) in [5.41, 5.74) is 0.927. The van der Waals surface area contributed by atoms with Crippen LogP contribution >= 0.6 is 24.0 Å². The van der Waals surface area contributed by atoms with Gasteiger partial charge in [-0.3, -0.25) is 4.79 Å². The first-order chi connectivity index (χ1) is 9.20. The lowest BCUT2D eigenvalue weighted by atomic mass is 10.2. The van der Waals surface area contributed by atoms with Crippen molar-refractivity contribution in [2.75, 3.05) is 26.9 Å². The van der Waals surface area contributed by atoms with Crippen LogP contribution in [-0.4, -0.2) is 38.8 Å². The van der Waals surface area contributed by atoms with Crippen LogP contribution in [0.15, 0.2) is 18.2 Å². The first kappa shape index (κ1) is 17.0. The van der Waals surface area contributed by atoms with Crippen LogP contribution in [0, 0.1) is 0 Å². The van der Waals surface area contributed by atoms with E-state index in [1.165, 1.54) is 0 Å². The summed E-state index contributed by atoms with van der Waals surface area (Å²) in [6.07, 6.45) is 0. The number of morpholine rings is 1. The summed E-state index contributed by atoms with van der Waals surface area (Å²) in [5, 5.41) is 6.49. The van der Waals surface area contributed by atoms with E-state index in [0.29, 0.717) is 37.1 Å². The molecule has 1 amide bonds. The van der Waals surface area contributed by atoms with Crippen LogP contribution in [0.4, 0.5) is 0 Å². The smallest absolute Gasteiger partial charge is 0.239 e. The highest BCUT2D eigenvalue weighted by atomic mass is 35.5. The van der Waals surface area contributed by atoms with Gasteiger partial charge in [-0.15, -0.1) is 12.4 Å². The van der Waals surface area contributed by atoms with Gasteiger partial charge in [0.1, 0.15) is 11.8 Å². The molecule has 0 spiro atoms. The molecule has 5 nitrogen and oxygen atoms in total. The highest BCUT2D eigenvalue weighted by Gasteiger charge is 2.20. The van der Waals surface area contributed by atoms with Crippen LogP contribution in [0.1, 0.15) is 5.56 Å². The highest BCUT2D eigenvalue weighted by molar-refractivity contribution is 6.32. The largest absolute Gasteiger partial charge is 0.495 e. The Bertz CT molecular complexity index is 451. The molecule has 1 unspecified atom stereocenters. The van der Waals surface area contributed by atoms with Gasteiger partial charge < -0.3 is 20.1 Å². The van der Waals surface area contributed by atoms with Crippen molar-refractivity contribution < 1.29 is 14.3 Å². The van der Waals surface area contributed by atoms with Gasteiger partial charge >= 0.3 is 0 Å². The lowest BCUT2D eigenvalue weighted by Gasteiger charge is -2.22. The fourth-order valence-electron chi connectivity index (χ4n) is 1.87. The van der Waals surface area contributed by atoms with Gasteiger partial charge in [0.05, 0.1) is 25.3 Å². The topological polar surface area (TPSA) is 59.6 Å². The van der Waals surface area contributed by atoms with Gasteiger partial charge in [-0.25, -0.2) is 0 Å². The second kappa shape index (κ2) is 8.32. The fraction of sp³-hybridized carbons (Fsp3) is 0.462. The number of rotatable bonds is 4. The van der Waals surface area contributed by atoms with Gasteiger partial charge in [0.15, 0.2) is 0 Å². The molecule has 0 aromatic heterocycles. The van der Waals surface area contributed by atoms with Gasteiger partial charge in [0.2, 0.25) is 5.91 Å². The van der Waals surface area contributed by atoms with Crippen molar-refractivity contribution in [3.05, 3.63) is 28.8 Å². The third-order valence-corrected chi connectivity index (χ3v) is 3.22. The van der Waals surface area contributed by atoms with E-state index in [1.807, 2.05) is 6.07 Å². The van der Waals surface area contributed by atoms with Crippen LogP contribution in [-0.2, 0) is 16.1 Å². The molecule has 1 heterocycles. The van der Waals surface area contributed by atoms with Crippen LogP contribution in [0.5, 0.6) is 5.75 Å². The Hall–Kier alpha value is -1.01. The summed E-state index contributed by atoms with van der Waals surface area (Å²) in [6.45, 7) is 2.19. The van der Waals surface area contributed by atoms with E-state index in [-0.39, 0.29) is 24.4 Å². The molecule has 2 rings (SSSR count). The van der Waals surface area contributed by atoms with Crippen molar-refractivity contribution in [3.63, 3.8) is 0 Å². The number of halogens is 2. The number of nitrogens with one attached hydrogen (secondary N) is 2. The summed E-state index contributed by atoms with van der Waals surface area (Å²) in [5.74, 6) is 0.561. The van der Waals surface area contributed by atoms with Gasteiger partial charge in [0.25, 0.3) is 0 Å². The summed E-state index contributed by atoms with van der Waals surface area (Å²) >= 11 is 6.02. The molecule has 0 saturated carbocycles. The van der Waals surface area contributed by atoms with E-state index in [1.54, 1.807) is 19.2 Å². The third kappa shape index (κ3) is 4.52. The number of carbonyl (C=O) groups excluding carboxylic acids is 1. The molecule has 112 valence electrons. The van der Waals surface area contributed by atoms with E-state index in [4.69, 9.17) is 21.1 Å². The van der Waals surface area contributed by atoms with Crippen molar-refractivity contribution in [1.82, 2.24) is 10.6 Å². The van der Waals surface area contributed by atoms with Gasteiger partial charge in [-0.2, -0.15) is 0 Å². The molecule has 0 bridgehead atoms. The lowest BCUT2D eigenvalue weighted by molar-refractivity contribution is -0.126. The monoisotopic (exact) mass is 320 g/mol. The zero-order chi connectivity index (χ0) is 13.7. The van der Waals surface area contributed by atoms with E-state index in [2.05, 4.69) is 10.6 Å². The number of carbonyl (C=O) groups is 1. The average molecular weight is 321 g/mol. The number of benzene rings is 1. The van der Waals surface area contributed by atoms with E-state index >= 15 is 0 Å². The van der Waals surface area contributed by atoms with E-state index < -0.39 is 0 Å². The fourth-order valence-corrected chi connectivity index (χ4v) is 2.15. The maximum absolute atomic E-state index is 11.9. The summed E-state index contributed by atoms with van der Waals surface area (Å²) in [7, 11) is 1.57. The molecule has 1 atom stereocenters. The number of ether oxygens (including phenoxy) is 2. The highest BCUT2D eigenvalue weighted by Crippen LogP contribution is 2.24. The van der Waals surface area contributed by atoms with Crippen LogP contribution < -0.4 is 15.4 Å². The molecule has 1 aromatic rings. The second-order valence-corrected chi connectivity index (χ2v) is 4.68. The van der Waals surface area contributed by atoms with Gasteiger partial charge in [-0.05, 0) is 17.7 Å². The molecule has 20 heavy (non-hydrogen) atoms. The zero-order valence-corrected chi connectivity index (χ0v) is 12.7. The molecule has 1 aromatic carbocycles. The first-order valence-corrected chi connectivity index (χ1v) is 6.50. The van der Waals surface area contributed by atoms with Crippen molar-refractivity contribution in [3.8, 4) is 5.75 Å². The summed E-state index contributed by atoms with van der Waals surface area (Å²) < 4.78 is 10.3. The van der Waals surface area contributed by atoms with E-state index in [0.717, 1.165) is 5.56 Å². The minimum Gasteiger partial charge on any atom is -0.495 e. The number of hydrogen-bond donors (Lipinski definition) is 2. The molecular weight excluding hydrogens is 303 g/mol. The SMILES string of the molecule is COc1ccc(CNC(=O)C2COCCN2)cc1Cl.Cl. The Balaban J connectivity index is 0.00000200. The molecule has 1 saturated heterocycles. The molecule has 2 N–H and O–H groups in total. The maximum Gasteiger partial charge on any atom is 0.239 e. The Labute approximate surface area is 129 Å². The van der Waals surface area contributed by atoms with Gasteiger partial charge in [0, 0.05) is 13.1 Å². The summed E-state index contributed by atoms with van der Waals surface area (Å²) in [4.78, 5) is 11.9. The minimum absolute atomic E-state index is 0. The van der Waals surface area contributed by atoms with Crippen molar-refractivity contribution >= 4 is 29.9 Å². The Morgan fingerprint density at radius 1 is 1.60 bits per heavy atom. The average Bonchev–Trinajstić information content (AvgIpc) is 2.46. The predicted molar refractivity (Wildman–Crippen MR) is 79.7 cm³/mol. The molecule has 1 aliphatic heterocycles. The number of hydrogen-bond acceptors (Lipinski definition) is 4. The second-order valence-electron chi connectivity index (χ2n) is 4.27. The number of amides is 1. The van der Waals surface area contributed by atoms with Crippen LogP contribution in [0.25, 0.3) is 0 Å². The Morgan fingerprint density at radius 2 is 2.40 bits per heavy atom. The van der Waals surface area contributed by atoms with Crippen LogP contribution in [0.2, 0.25) is 5.02 Å².